The Hall–Kier alpha value is -2.19. The normalized spacial score (nSPS) is 36.9. The first-order valence-electron chi connectivity index (χ1n) is 13.6. The minimum Gasteiger partial charge on any atom is -0.465 e. The Bertz CT molecular complexity index is 931. The molecule has 8 heteroatoms. The lowest BCUT2D eigenvalue weighted by molar-refractivity contribution is -0.162. The van der Waals surface area contributed by atoms with E-state index in [-0.39, 0.29) is 37.0 Å². The van der Waals surface area contributed by atoms with Gasteiger partial charge in [-0.25, -0.2) is 0 Å². The maximum Gasteiger partial charge on any atom is 0.313 e. The van der Waals surface area contributed by atoms with Gasteiger partial charge in [-0.1, -0.05) is 51.5 Å². The summed E-state index contributed by atoms with van der Waals surface area (Å²) in [5.41, 5.74) is -2.41. The summed E-state index contributed by atoms with van der Waals surface area (Å²) in [7, 11) is 0. The summed E-state index contributed by atoms with van der Waals surface area (Å²) in [6.07, 6.45) is 11.4. The number of carbonyl (C=O) groups excluding carboxylic acids is 3. The number of ether oxygens (including phenoxy) is 2. The molecule has 7 atom stereocenters. The molecule has 200 valence electrons. The first kappa shape index (κ1) is 26.9. The maximum absolute atomic E-state index is 14.3. The van der Waals surface area contributed by atoms with Crippen LogP contribution in [0.2, 0.25) is 0 Å². The van der Waals surface area contributed by atoms with Gasteiger partial charge < -0.3 is 24.4 Å². The summed E-state index contributed by atoms with van der Waals surface area (Å²) >= 11 is 0. The van der Waals surface area contributed by atoms with Crippen LogP contribution < -0.4 is 0 Å². The number of allylic oxidation sites excluding steroid dienone is 1. The summed E-state index contributed by atoms with van der Waals surface area (Å²) in [5, 5.41) is 10.4. The number of hydrogen-bond donors (Lipinski definition) is 1. The third-order valence-corrected chi connectivity index (χ3v) is 8.31. The van der Waals surface area contributed by atoms with Gasteiger partial charge in [0, 0.05) is 12.6 Å². The van der Waals surface area contributed by atoms with E-state index in [1.165, 1.54) is 0 Å². The molecule has 0 radical (unpaired) electrons. The van der Waals surface area contributed by atoms with Crippen molar-refractivity contribution in [2.24, 2.45) is 17.8 Å². The van der Waals surface area contributed by atoms with Crippen LogP contribution in [-0.4, -0.2) is 81.8 Å². The molecular weight excluding hydrogens is 460 g/mol. The molecule has 4 aliphatic heterocycles. The zero-order valence-corrected chi connectivity index (χ0v) is 22.3. The standard InChI is InChI=1S/C28H42N2O6/c1-6-11-19(4)29-14-10-13-28-21(22-26(34)35-15-9-7-8-12-27(22,5)36-28)24(32)30(23(28)25(29)33)20(17-31)16-18(2)3/h8,10,12-13,18-23,31H,6-7,9,11,14-17H2,1-5H3/b12-8-/t19?,20-,21+,22+,23?,27-,28+/m1/s1. The van der Waals surface area contributed by atoms with Crippen LogP contribution in [0.25, 0.3) is 0 Å². The number of likely N-dealkylation sites (tertiary alicyclic amines) is 1. The average molecular weight is 503 g/mol. The SMILES string of the molecule is CCCC(C)N1CC=C[C@]23O[C@]4(C)/C=C\CCCOC(=O)[C@@H]4[C@H]2C(=O)N([C@@H](CO)CC(C)C)C3C1=O. The largest absolute Gasteiger partial charge is 0.465 e. The topological polar surface area (TPSA) is 96.4 Å². The smallest absolute Gasteiger partial charge is 0.313 e. The first-order chi connectivity index (χ1) is 17.1. The highest BCUT2D eigenvalue weighted by Crippen LogP contribution is 2.57. The number of hydrogen-bond acceptors (Lipinski definition) is 6. The minimum absolute atomic E-state index is 0.0185. The zero-order chi connectivity index (χ0) is 26.3. The Morgan fingerprint density at radius 3 is 2.53 bits per heavy atom. The maximum atomic E-state index is 14.3. The Morgan fingerprint density at radius 1 is 1.11 bits per heavy atom. The summed E-state index contributed by atoms with van der Waals surface area (Å²) in [6, 6.07) is -1.53. The number of rotatable bonds is 7. The fraction of sp³-hybridized carbons (Fsp3) is 0.750. The molecule has 1 spiro atoms. The average Bonchev–Trinajstić information content (AvgIpc) is 3.17. The minimum atomic E-state index is -1.32. The number of esters is 1. The van der Waals surface area contributed by atoms with Crippen molar-refractivity contribution >= 4 is 17.8 Å². The molecule has 8 nitrogen and oxygen atoms in total. The second kappa shape index (κ2) is 10.3. The van der Waals surface area contributed by atoms with Crippen LogP contribution in [-0.2, 0) is 23.9 Å². The van der Waals surface area contributed by atoms with E-state index in [1.807, 2.05) is 56.9 Å². The molecule has 0 aromatic rings. The highest BCUT2D eigenvalue weighted by molar-refractivity contribution is 5.99. The molecule has 0 aliphatic carbocycles. The summed E-state index contributed by atoms with van der Waals surface area (Å²) < 4.78 is 12.4. The number of carbonyl (C=O) groups is 3. The Kier molecular flexibility index (Phi) is 7.68. The number of aliphatic hydroxyl groups is 1. The fourth-order valence-electron chi connectivity index (χ4n) is 6.77. The zero-order valence-electron chi connectivity index (χ0n) is 22.3. The molecular formula is C28H42N2O6. The predicted molar refractivity (Wildman–Crippen MR) is 135 cm³/mol. The molecule has 4 aliphatic rings. The lowest BCUT2D eigenvalue weighted by atomic mass is 9.74. The van der Waals surface area contributed by atoms with Crippen LogP contribution in [0.5, 0.6) is 0 Å². The van der Waals surface area contributed by atoms with Crippen molar-refractivity contribution in [1.82, 2.24) is 9.80 Å². The van der Waals surface area contributed by atoms with Crippen molar-refractivity contribution in [3.63, 3.8) is 0 Å². The lowest BCUT2D eigenvalue weighted by Gasteiger charge is -2.41. The van der Waals surface area contributed by atoms with Gasteiger partial charge in [0.1, 0.15) is 17.6 Å². The first-order valence-corrected chi connectivity index (χ1v) is 13.6. The van der Waals surface area contributed by atoms with Crippen LogP contribution >= 0.6 is 0 Å². The van der Waals surface area contributed by atoms with E-state index in [4.69, 9.17) is 9.47 Å². The van der Waals surface area contributed by atoms with Crippen molar-refractivity contribution in [3.05, 3.63) is 24.3 Å². The Morgan fingerprint density at radius 2 is 1.86 bits per heavy atom. The number of cyclic esters (lactones) is 1. The van der Waals surface area contributed by atoms with E-state index < -0.39 is 41.1 Å². The van der Waals surface area contributed by atoms with Crippen LogP contribution in [0.1, 0.15) is 66.7 Å². The molecule has 0 aromatic carbocycles. The third kappa shape index (κ3) is 4.30. The quantitative estimate of drug-likeness (QED) is 0.425. The Balaban J connectivity index is 1.88. The molecule has 0 saturated carbocycles. The molecule has 0 bridgehead atoms. The highest BCUT2D eigenvalue weighted by Gasteiger charge is 2.75. The molecule has 2 saturated heterocycles. The lowest BCUT2D eigenvalue weighted by Crippen LogP contribution is -2.59. The van der Waals surface area contributed by atoms with Crippen molar-refractivity contribution in [3.8, 4) is 0 Å². The van der Waals surface area contributed by atoms with Gasteiger partial charge in [0.15, 0.2) is 0 Å². The molecule has 2 amide bonds. The summed E-state index contributed by atoms with van der Waals surface area (Å²) in [4.78, 5) is 45.4. The van der Waals surface area contributed by atoms with Gasteiger partial charge in [0.25, 0.3) is 0 Å². The van der Waals surface area contributed by atoms with Crippen molar-refractivity contribution in [1.29, 1.82) is 0 Å². The molecule has 4 rings (SSSR count). The second-order valence-electron chi connectivity index (χ2n) is 11.5. The summed E-state index contributed by atoms with van der Waals surface area (Å²) in [5.74, 6) is -2.58. The van der Waals surface area contributed by atoms with Gasteiger partial charge in [-0.05, 0) is 45.4 Å². The number of nitrogens with zero attached hydrogens (tertiary/aromatic N) is 2. The summed E-state index contributed by atoms with van der Waals surface area (Å²) in [6.45, 7) is 10.4. The molecule has 2 unspecified atom stereocenters. The Labute approximate surface area is 214 Å². The monoisotopic (exact) mass is 502 g/mol. The highest BCUT2D eigenvalue weighted by atomic mass is 16.6. The molecule has 1 N–H and O–H groups in total. The van der Waals surface area contributed by atoms with Crippen LogP contribution in [0.4, 0.5) is 0 Å². The van der Waals surface area contributed by atoms with Crippen molar-refractivity contribution in [2.45, 2.75) is 96.1 Å². The number of fused-ring (bicyclic) bond motifs is 2. The predicted octanol–water partition coefficient (Wildman–Crippen LogP) is 2.84. The van der Waals surface area contributed by atoms with Crippen LogP contribution in [0.15, 0.2) is 24.3 Å². The van der Waals surface area contributed by atoms with E-state index in [1.54, 1.807) is 4.90 Å². The molecule has 4 heterocycles. The van der Waals surface area contributed by atoms with Gasteiger partial charge >= 0.3 is 5.97 Å². The number of aliphatic hydroxyl groups excluding tert-OH is 1. The van der Waals surface area contributed by atoms with E-state index in [0.29, 0.717) is 19.4 Å². The molecule has 2 fully saturated rings. The van der Waals surface area contributed by atoms with Gasteiger partial charge in [0.05, 0.1) is 30.8 Å². The van der Waals surface area contributed by atoms with Gasteiger partial charge in [-0.3, -0.25) is 14.4 Å². The fourth-order valence-corrected chi connectivity index (χ4v) is 6.77. The number of amides is 2. The van der Waals surface area contributed by atoms with E-state index in [0.717, 1.165) is 19.3 Å². The van der Waals surface area contributed by atoms with Crippen molar-refractivity contribution < 1.29 is 29.0 Å². The van der Waals surface area contributed by atoms with Crippen LogP contribution in [0.3, 0.4) is 0 Å². The molecule has 0 aromatic heterocycles. The van der Waals surface area contributed by atoms with Crippen molar-refractivity contribution in [2.75, 3.05) is 19.8 Å². The van der Waals surface area contributed by atoms with E-state index in [9.17, 15) is 19.5 Å². The van der Waals surface area contributed by atoms with Crippen LogP contribution in [0, 0.1) is 17.8 Å². The molecule has 36 heavy (non-hydrogen) atoms. The second-order valence-corrected chi connectivity index (χ2v) is 11.5. The van der Waals surface area contributed by atoms with Gasteiger partial charge in [-0.2, -0.15) is 0 Å². The van der Waals surface area contributed by atoms with Gasteiger partial charge in [0.2, 0.25) is 11.8 Å². The van der Waals surface area contributed by atoms with E-state index >= 15 is 0 Å². The van der Waals surface area contributed by atoms with Gasteiger partial charge in [-0.15, -0.1) is 0 Å². The van der Waals surface area contributed by atoms with E-state index in [2.05, 4.69) is 6.92 Å². The third-order valence-electron chi connectivity index (χ3n) is 8.31.